The van der Waals surface area contributed by atoms with Crippen molar-refractivity contribution in [3.63, 3.8) is 0 Å². The van der Waals surface area contributed by atoms with Gasteiger partial charge in [-0.2, -0.15) is 0 Å². The Morgan fingerprint density at radius 1 is 1.40 bits per heavy atom. The van der Waals surface area contributed by atoms with Gasteiger partial charge in [-0.05, 0) is 31.2 Å². The number of carbonyl (C=O) groups is 1. The van der Waals surface area contributed by atoms with E-state index in [-0.39, 0.29) is 11.8 Å². The molecule has 0 aliphatic carbocycles. The number of aromatic nitrogens is 1. The summed E-state index contributed by atoms with van der Waals surface area (Å²) in [7, 11) is 1.76. The number of rotatable bonds is 3. The molecule has 1 fully saturated rings. The molecular formula is C15H19N3O2. The molecule has 106 valence electrons. The van der Waals surface area contributed by atoms with Gasteiger partial charge in [0, 0.05) is 23.0 Å². The fourth-order valence-corrected chi connectivity index (χ4v) is 2.86. The van der Waals surface area contributed by atoms with Gasteiger partial charge in [-0.15, -0.1) is 0 Å². The molecule has 5 heteroatoms. The van der Waals surface area contributed by atoms with Crippen LogP contribution in [0.25, 0.3) is 10.9 Å². The molecule has 3 rings (SSSR count). The van der Waals surface area contributed by atoms with Crippen molar-refractivity contribution in [2.45, 2.75) is 32.2 Å². The maximum atomic E-state index is 12.0. The van der Waals surface area contributed by atoms with E-state index < -0.39 is 12.5 Å². The lowest BCUT2D eigenvalue weighted by atomic mass is 9.93. The highest BCUT2D eigenvalue weighted by molar-refractivity contribution is 5.89. The summed E-state index contributed by atoms with van der Waals surface area (Å²) in [4.78, 5) is 15.3. The summed E-state index contributed by atoms with van der Waals surface area (Å²) >= 11 is 0. The Labute approximate surface area is 117 Å². The van der Waals surface area contributed by atoms with Crippen LogP contribution in [0.2, 0.25) is 0 Å². The van der Waals surface area contributed by atoms with Crippen molar-refractivity contribution in [1.82, 2.24) is 15.6 Å². The summed E-state index contributed by atoms with van der Waals surface area (Å²) in [5.74, 6) is -0.0806. The molecule has 3 atom stereocenters. The largest absolute Gasteiger partial charge is 0.361 e. The van der Waals surface area contributed by atoms with Gasteiger partial charge < -0.3 is 15.0 Å². The highest BCUT2D eigenvalue weighted by atomic mass is 16.5. The fourth-order valence-electron chi connectivity index (χ4n) is 2.86. The van der Waals surface area contributed by atoms with Gasteiger partial charge in [0.2, 0.25) is 0 Å². The molecule has 0 spiro atoms. The first-order valence-electron chi connectivity index (χ1n) is 6.81. The van der Waals surface area contributed by atoms with Crippen LogP contribution in [-0.2, 0) is 9.53 Å². The van der Waals surface area contributed by atoms with E-state index in [1.807, 2.05) is 25.3 Å². The predicted molar refractivity (Wildman–Crippen MR) is 77.3 cm³/mol. The SMILES string of the molecule is CNC1NC(=O)[C@H]([C@H](C)c2c[nH]c3cccc(C)c23)O1. The maximum Gasteiger partial charge on any atom is 0.252 e. The topological polar surface area (TPSA) is 66.1 Å². The number of fused-ring (bicyclic) bond motifs is 1. The lowest BCUT2D eigenvalue weighted by Crippen LogP contribution is -2.37. The Bertz CT molecular complexity index is 650. The number of carbonyl (C=O) groups excluding carboxylic acids is 1. The average molecular weight is 273 g/mol. The molecule has 0 saturated carbocycles. The van der Waals surface area contributed by atoms with E-state index in [4.69, 9.17) is 4.74 Å². The van der Waals surface area contributed by atoms with Crippen LogP contribution in [0, 0.1) is 6.92 Å². The van der Waals surface area contributed by atoms with Gasteiger partial charge in [0.25, 0.3) is 5.91 Å². The Kier molecular flexibility index (Phi) is 3.23. The van der Waals surface area contributed by atoms with Gasteiger partial charge in [0.1, 0.15) is 6.10 Å². The zero-order valence-corrected chi connectivity index (χ0v) is 11.9. The Hall–Kier alpha value is -1.85. The van der Waals surface area contributed by atoms with Gasteiger partial charge in [-0.3, -0.25) is 10.1 Å². The summed E-state index contributed by atoms with van der Waals surface area (Å²) in [6.45, 7) is 4.11. The first-order chi connectivity index (χ1) is 9.61. The standard InChI is InChI=1S/C15H19N3O2/c1-8-5-4-6-11-12(8)10(7-17-11)9(2)13-14(19)18-15(16-3)20-13/h4-7,9,13,15-17H,1-3H3,(H,18,19)/t9-,13+,15?/m1/s1. The molecule has 5 nitrogen and oxygen atoms in total. The number of benzene rings is 1. The highest BCUT2D eigenvalue weighted by Gasteiger charge is 2.37. The normalized spacial score (nSPS) is 24.1. The molecular weight excluding hydrogens is 254 g/mol. The monoisotopic (exact) mass is 273 g/mol. The van der Waals surface area contributed by atoms with Gasteiger partial charge in [0.05, 0.1) is 0 Å². The lowest BCUT2D eigenvalue weighted by Gasteiger charge is -2.17. The number of ether oxygens (including phenoxy) is 1. The number of hydrogen-bond donors (Lipinski definition) is 3. The van der Waals surface area contributed by atoms with E-state index in [9.17, 15) is 4.79 Å². The van der Waals surface area contributed by atoms with E-state index in [1.54, 1.807) is 7.05 Å². The molecule has 1 aromatic carbocycles. The van der Waals surface area contributed by atoms with Gasteiger partial charge in [-0.25, -0.2) is 0 Å². The van der Waals surface area contributed by atoms with Crippen molar-refractivity contribution in [2.24, 2.45) is 0 Å². The minimum absolute atomic E-state index is 0.0109. The average Bonchev–Trinajstić information content (AvgIpc) is 3.02. The number of H-pyrrole nitrogens is 1. The van der Waals surface area contributed by atoms with Crippen LogP contribution in [0.5, 0.6) is 0 Å². The van der Waals surface area contributed by atoms with E-state index >= 15 is 0 Å². The van der Waals surface area contributed by atoms with Crippen molar-refractivity contribution in [2.75, 3.05) is 7.05 Å². The van der Waals surface area contributed by atoms with Crippen LogP contribution in [0.1, 0.15) is 24.0 Å². The number of hydrogen-bond acceptors (Lipinski definition) is 3. The minimum Gasteiger partial charge on any atom is -0.361 e. The molecule has 1 aliphatic rings. The summed E-state index contributed by atoms with van der Waals surface area (Å²) < 4.78 is 5.71. The number of aromatic amines is 1. The molecule has 2 heterocycles. The second-order valence-corrected chi connectivity index (χ2v) is 5.26. The molecule has 20 heavy (non-hydrogen) atoms. The Morgan fingerprint density at radius 2 is 2.20 bits per heavy atom. The summed E-state index contributed by atoms with van der Waals surface area (Å²) in [6.07, 6.45) is 1.11. The zero-order valence-electron chi connectivity index (χ0n) is 11.9. The molecule has 3 N–H and O–H groups in total. The number of amides is 1. The summed E-state index contributed by atoms with van der Waals surface area (Å²) in [6, 6.07) is 6.15. The van der Waals surface area contributed by atoms with Crippen molar-refractivity contribution in [1.29, 1.82) is 0 Å². The van der Waals surface area contributed by atoms with Crippen LogP contribution >= 0.6 is 0 Å². The highest BCUT2D eigenvalue weighted by Crippen LogP contribution is 2.32. The third-order valence-electron chi connectivity index (χ3n) is 3.97. The van der Waals surface area contributed by atoms with Crippen molar-refractivity contribution >= 4 is 16.8 Å². The van der Waals surface area contributed by atoms with Crippen LogP contribution in [-0.4, -0.2) is 30.4 Å². The summed E-state index contributed by atoms with van der Waals surface area (Å²) in [5.41, 5.74) is 3.42. The molecule has 1 unspecified atom stereocenters. The third-order valence-corrected chi connectivity index (χ3v) is 3.97. The van der Waals surface area contributed by atoms with Crippen LogP contribution in [0.15, 0.2) is 24.4 Å². The molecule has 2 aromatic rings. The lowest BCUT2D eigenvalue weighted by molar-refractivity contribution is -0.124. The van der Waals surface area contributed by atoms with Crippen molar-refractivity contribution in [3.8, 4) is 0 Å². The number of nitrogens with one attached hydrogen (secondary N) is 3. The van der Waals surface area contributed by atoms with Gasteiger partial charge in [0.15, 0.2) is 6.35 Å². The van der Waals surface area contributed by atoms with E-state index in [2.05, 4.69) is 28.6 Å². The van der Waals surface area contributed by atoms with E-state index in [0.29, 0.717) is 0 Å². The maximum absolute atomic E-state index is 12.0. The zero-order chi connectivity index (χ0) is 14.3. The summed E-state index contributed by atoms with van der Waals surface area (Å²) in [5, 5.41) is 6.87. The van der Waals surface area contributed by atoms with Crippen molar-refractivity contribution < 1.29 is 9.53 Å². The van der Waals surface area contributed by atoms with Crippen LogP contribution in [0.3, 0.4) is 0 Å². The second kappa shape index (κ2) is 4.92. The Balaban J connectivity index is 1.97. The van der Waals surface area contributed by atoms with Crippen LogP contribution in [0.4, 0.5) is 0 Å². The molecule has 1 aliphatic heterocycles. The smallest absolute Gasteiger partial charge is 0.252 e. The quantitative estimate of drug-likeness (QED) is 0.795. The second-order valence-electron chi connectivity index (χ2n) is 5.26. The molecule has 0 bridgehead atoms. The molecule has 1 amide bonds. The van der Waals surface area contributed by atoms with E-state index in [1.165, 1.54) is 10.9 Å². The van der Waals surface area contributed by atoms with Crippen LogP contribution < -0.4 is 10.6 Å². The first-order valence-corrected chi connectivity index (χ1v) is 6.81. The Morgan fingerprint density at radius 3 is 2.90 bits per heavy atom. The van der Waals surface area contributed by atoms with Crippen molar-refractivity contribution in [3.05, 3.63) is 35.5 Å². The number of aryl methyl sites for hydroxylation is 1. The minimum atomic E-state index is -0.467. The fraction of sp³-hybridized carbons (Fsp3) is 0.400. The molecule has 1 saturated heterocycles. The first kappa shape index (κ1) is 13.1. The predicted octanol–water partition coefficient (Wildman–Crippen LogP) is 1.60. The van der Waals surface area contributed by atoms with Gasteiger partial charge in [-0.1, -0.05) is 19.1 Å². The third kappa shape index (κ3) is 1.99. The van der Waals surface area contributed by atoms with Gasteiger partial charge >= 0.3 is 0 Å². The molecule has 1 aromatic heterocycles. The molecule has 0 radical (unpaired) electrons. The van der Waals surface area contributed by atoms with E-state index in [0.717, 1.165) is 11.1 Å².